The Morgan fingerprint density at radius 3 is 2.57 bits per heavy atom. The standard InChI is InChI=1S/C22H27N3O4S/c1-15(2)29-17-9-11-21(23-13-17)24-22(26)19-12-16-8-10-20(19)25(14-16)30(27,28)18-6-4-3-5-7-18/h3-7,9,11,13,15-16,19-20H,8,10,12,14H2,1-2H3,(H,23,24,26)/t16-,19+,20+/m0/s1. The number of benzene rings is 1. The van der Waals surface area contributed by atoms with Crippen LogP contribution >= 0.6 is 0 Å². The summed E-state index contributed by atoms with van der Waals surface area (Å²) in [6, 6.07) is 11.6. The van der Waals surface area contributed by atoms with Gasteiger partial charge < -0.3 is 10.1 Å². The molecule has 1 amide bonds. The van der Waals surface area contributed by atoms with E-state index in [1.807, 2.05) is 13.8 Å². The number of hydrogen-bond acceptors (Lipinski definition) is 5. The molecule has 0 spiro atoms. The van der Waals surface area contributed by atoms with Gasteiger partial charge in [-0.3, -0.25) is 4.79 Å². The molecule has 3 atom stereocenters. The third-order valence-electron chi connectivity index (χ3n) is 5.78. The zero-order chi connectivity index (χ0) is 21.3. The summed E-state index contributed by atoms with van der Waals surface area (Å²) in [5, 5.41) is 2.86. The van der Waals surface area contributed by atoms with E-state index >= 15 is 0 Å². The van der Waals surface area contributed by atoms with Crippen molar-refractivity contribution in [2.45, 2.75) is 50.2 Å². The van der Waals surface area contributed by atoms with Gasteiger partial charge in [-0.05, 0) is 63.3 Å². The largest absolute Gasteiger partial charge is 0.489 e. The minimum Gasteiger partial charge on any atom is -0.489 e. The summed E-state index contributed by atoms with van der Waals surface area (Å²) in [4.78, 5) is 17.6. The van der Waals surface area contributed by atoms with Crippen LogP contribution in [0.4, 0.5) is 5.82 Å². The highest BCUT2D eigenvalue weighted by atomic mass is 32.2. The van der Waals surface area contributed by atoms with Gasteiger partial charge in [0.15, 0.2) is 0 Å². The lowest BCUT2D eigenvalue weighted by Gasteiger charge is -2.48. The molecule has 7 nitrogen and oxygen atoms in total. The molecule has 2 aliphatic heterocycles. The number of ether oxygens (including phenoxy) is 1. The van der Waals surface area contributed by atoms with E-state index in [2.05, 4.69) is 10.3 Å². The lowest BCUT2D eigenvalue weighted by atomic mass is 9.73. The molecule has 0 radical (unpaired) electrons. The number of sulfonamides is 1. The molecule has 8 heteroatoms. The number of piperidine rings is 2. The molecule has 160 valence electrons. The van der Waals surface area contributed by atoms with Crippen LogP contribution in [0.3, 0.4) is 0 Å². The van der Waals surface area contributed by atoms with Gasteiger partial charge in [0, 0.05) is 12.6 Å². The highest BCUT2D eigenvalue weighted by molar-refractivity contribution is 7.89. The maximum Gasteiger partial charge on any atom is 0.243 e. The zero-order valence-electron chi connectivity index (χ0n) is 17.2. The van der Waals surface area contributed by atoms with Crippen LogP contribution < -0.4 is 10.1 Å². The van der Waals surface area contributed by atoms with Crippen molar-refractivity contribution < 1.29 is 17.9 Å². The number of anilines is 1. The van der Waals surface area contributed by atoms with Gasteiger partial charge in [0.2, 0.25) is 15.9 Å². The third-order valence-corrected chi connectivity index (χ3v) is 7.68. The molecule has 1 N–H and O–H groups in total. The third kappa shape index (κ3) is 4.20. The first-order valence-electron chi connectivity index (χ1n) is 10.3. The van der Waals surface area contributed by atoms with Crippen molar-refractivity contribution in [3.8, 4) is 5.75 Å². The summed E-state index contributed by atoms with van der Waals surface area (Å²) in [5.41, 5.74) is 0. The molecule has 1 aliphatic carbocycles. The summed E-state index contributed by atoms with van der Waals surface area (Å²) < 4.78 is 33.5. The van der Waals surface area contributed by atoms with Crippen molar-refractivity contribution in [1.82, 2.24) is 9.29 Å². The van der Waals surface area contributed by atoms with E-state index in [9.17, 15) is 13.2 Å². The Bertz CT molecular complexity index is 993. The number of carbonyl (C=O) groups excluding carboxylic acids is 1. The molecule has 2 bridgehead atoms. The fraction of sp³-hybridized carbons (Fsp3) is 0.455. The Morgan fingerprint density at radius 1 is 1.17 bits per heavy atom. The molecule has 2 saturated heterocycles. The number of carbonyl (C=O) groups is 1. The smallest absolute Gasteiger partial charge is 0.243 e. The average Bonchev–Trinajstić information content (AvgIpc) is 2.75. The summed E-state index contributed by atoms with van der Waals surface area (Å²) in [5.74, 6) is 0.709. The van der Waals surface area contributed by atoms with Crippen molar-refractivity contribution in [1.29, 1.82) is 0 Å². The minimum atomic E-state index is -3.63. The van der Waals surface area contributed by atoms with Crippen molar-refractivity contribution in [3.05, 3.63) is 48.7 Å². The van der Waals surface area contributed by atoms with Gasteiger partial charge in [0.25, 0.3) is 0 Å². The van der Waals surface area contributed by atoms with Crippen LogP contribution in [0.25, 0.3) is 0 Å². The molecular formula is C22H27N3O4S. The normalized spacial score (nSPS) is 24.0. The topological polar surface area (TPSA) is 88.6 Å². The highest BCUT2D eigenvalue weighted by Gasteiger charge is 2.48. The SMILES string of the molecule is CC(C)Oc1ccc(NC(=O)[C@@H]2C[C@@H]3CC[C@H]2N(S(=O)(=O)c2ccccc2)C3)nc1. The maximum absolute atomic E-state index is 13.2. The predicted octanol–water partition coefficient (Wildman–Crippen LogP) is 3.30. The summed E-state index contributed by atoms with van der Waals surface area (Å²) >= 11 is 0. The first-order valence-corrected chi connectivity index (χ1v) is 11.8. The quantitative estimate of drug-likeness (QED) is 0.761. The number of nitrogens with zero attached hydrogens (tertiary/aromatic N) is 2. The van der Waals surface area contributed by atoms with Crippen molar-refractivity contribution in [2.24, 2.45) is 11.8 Å². The van der Waals surface area contributed by atoms with Crippen LogP contribution in [0.1, 0.15) is 33.1 Å². The van der Waals surface area contributed by atoms with E-state index in [0.717, 1.165) is 6.42 Å². The van der Waals surface area contributed by atoms with Gasteiger partial charge in [-0.15, -0.1) is 0 Å². The summed E-state index contributed by atoms with van der Waals surface area (Å²) in [6.07, 6.45) is 3.97. The predicted molar refractivity (Wildman–Crippen MR) is 114 cm³/mol. The Labute approximate surface area is 177 Å². The molecule has 3 fully saturated rings. The van der Waals surface area contributed by atoms with Gasteiger partial charge in [0.1, 0.15) is 11.6 Å². The number of fused-ring (bicyclic) bond motifs is 3. The van der Waals surface area contributed by atoms with Crippen molar-refractivity contribution in [3.63, 3.8) is 0 Å². The molecule has 0 unspecified atom stereocenters. The highest BCUT2D eigenvalue weighted by Crippen LogP contribution is 2.42. The lowest BCUT2D eigenvalue weighted by molar-refractivity contribution is -0.125. The molecule has 5 rings (SSSR count). The van der Waals surface area contributed by atoms with Crippen LogP contribution in [0.15, 0.2) is 53.6 Å². The molecular weight excluding hydrogens is 402 g/mol. The molecule has 2 aromatic rings. The van der Waals surface area contributed by atoms with E-state index in [4.69, 9.17) is 4.74 Å². The number of amides is 1. The molecule has 3 heterocycles. The Kier molecular flexibility index (Phi) is 5.79. The number of aromatic nitrogens is 1. The van der Waals surface area contributed by atoms with E-state index in [1.165, 1.54) is 4.31 Å². The summed E-state index contributed by atoms with van der Waals surface area (Å²) in [6.45, 7) is 4.34. The van der Waals surface area contributed by atoms with Gasteiger partial charge in [-0.1, -0.05) is 18.2 Å². The molecule has 1 aromatic heterocycles. The van der Waals surface area contributed by atoms with Crippen molar-refractivity contribution >= 4 is 21.7 Å². The minimum absolute atomic E-state index is 0.0441. The van der Waals surface area contributed by atoms with E-state index in [0.29, 0.717) is 31.0 Å². The van der Waals surface area contributed by atoms with Gasteiger partial charge >= 0.3 is 0 Å². The van der Waals surface area contributed by atoms with Crippen LogP contribution in [-0.4, -0.2) is 42.3 Å². The maximum atomic E-state index is 13.2. The van der Waals surface area contributed by atoms with Gasteiger partial charge in [-0.25, -0.2) is 13.4 Å². The van der Waals surface area contributed by atoms with Crippen LogP contribution in [0.5, 0.6) is 5.75 Å². The average molecular weight is 430 g/mol. The second-order valence-electron chi connectivity index (χ2n) is 8.28. The molecule has 1 aromatic carbocycles. The number of rotatable bonds is 6. The van der Waals surface area contributed by atoms with E-state index < -0.39 is 10.0 Å². The second kappa shape index (κ2) is 8.35. The zero-order valence-corrected chi connectivity index (χ0v) is 18.0. The molecule has 30 heavy (non-hydrogen) atoms. The second-order valence-corrected chi connectivity index (χ2v) is 10.2. The number of hydrogen-bond donors (Lipinski definition) is 1. The van der Waals surface area contributed by atoms with Crippen LogP contribution in [0.2, 0.25) is 0 Å². The summed E-state index contributed by atoms with van der Waals surface area (Å²) in [7, 11) is -3.63. The lowest BCUT2D eigenvalue weighted by Crippen LogP contribution is -2.57. The number of pyridine rings is 1. The number of nitrogens with one attached hydrogen (secondary N) is 1. The molecule has 1 saturated carbocycles. The monoisotopic (exact) mass is 429 g/mol. The van der Waals surface area contributed by atoms with E-state index in [1.54, 1.807) is 48.7 Å². The Balaban J connectivity index is 1.50. The van der Waals surface area contributed by atoms with Crippen LogP contribution in [0, 0.1) is 11.8 Å². The van der Waals surface area contributed by atoms with Gasteiger partial charge in [-0.2, -0.15) is 4.31 Å². The van der Waals surface area contributed by atoms with E-state index in [-0.39, 0.29) is 34.8 Å². The van der Waals surface area contributed by atoms with Gasteiger partial charge in [0.05, 0.1) is 23.1 Å². The first kappa shape index (κ1) is 20.8. The van der Waals surface area contributed by atoms with Crippen molar-refractivity contribution in [2.75, 3.05) is 11.9 Å². The fourth-order valence-electron chi connectivity index (χ4n) is 4.44. The molecule has 3 aliphatic rings. The first-order chi connectivity index (χ1) is 14.3. The van der Waals surface area contributed by atoms with Crippen LogP contribution in [-0.2, 0) is 14.8 Å². The Hall–Kier alpha value is -2.45. The Morgan fingerprint density at radius 2 is 1.93 bits per heavy atom. The fourth-order valence-corrected chi connectivity index (χ4v) is 6.23.